The molecule has 6 heteroatoms. The number of carbonyl (C=O) groups is 1. The predicted molar refractivity (Wildman–Crippen MR) is 67.8 cm³/mol. The van der Waals surface area contributed by atoms with Crippen LogP contribution in [-0.2, 0) is 14.3 Å². The number of nitrogens with one attached hydrogen (secondary N) is 1. The van der Waals surface area contributed by atoms with Gasteiger partial charge in [0, 0.05) is 22.8 Å². The lowest BCUT2D eigenvalue weighted by molar-refractivity contribution is -0.121. The Morgan fingerprint density at radius 3 is 2.47 bits per heavy atom. The van der Waals surface area contributed by atoms with Crippen LogP contribution in [0.2, 0.25) is 10.0 Å². The van der Waals surface area contributed by atoms with E-state index in [0.717, 1.165) is 0 Å². The Kier molecular flexibility index (Phi) is 6.29. The number of hydrogen-bond acceptors (Lipinski definition) is 3. The number of benzene rings is 1. The maximum atomic E-state index is 11.4. The number of methoxy groups -OCH3 is 1. The molecule has 0 aliphatic heterocycles. The molecule has 17 heavy (non-hydrogen) atoms. The Labute approximate surface area is 110 Å². The van der Waals surface area contributed by atoms with Gasteiger partial charge in [-0.1, -0.05) is 23.2 Å². The van der Waals surface area contributed by atoms with E-state index in [1.165, 1.54) is 0 Å². The Balaban J connectivity index is 2.39. The predicted octanol–water partition coefficient (Wildman–Crippen LogP) is 2.59. The van der Waals surface area contributed by atoms with Crippen LogP contribution in [0.3, 0.4) is 0 Å². The van der Waals surface area contributed by atoms with E-state index in [4.69, 9.17) is 32.7 Å². The van der Waals surface area contributed by atoms with Crippen LogP contribution < -0.4 is 5.32 Å². The standard InChI is InChI=1S/C11H13Cl2NO3/c1-16-2-3-17-7-11(15)14-10-5-8(12)4-9(13)6-10/h4-6H,2-3,7H2,1H3,(H,14,15). The Bertz CT molecular complexity index is 365. The summed E-state index contributed by atoms with van der Waals surface area (Å²) < 4.78 is 9.85. The molecule has 1 N–H and O–H groups in total. The molecule has 0 atom stereocenters. The molecule has 1 amide bonds. The summed E-state index contributed by atoms with van der Waals surface area (Å²) in [7, 11) is 1.57. The summed E-state index contributed by atoms with van der Waals surface area (Å²) in [6, 6.07) is 4.81. The second-order valence-corrected chi connectivity index (χ2v) is 4.12. The number of rotatable bonds is 6. The molecule has 0 saturated carbocycles. The van der Waals surface area contributed by atoms with Crippen molar-refractivity contribution in [3.05, 3.63) is 28.2 Å². The fraction of sp³-hybridized carbons (Fsp3) is 0.364. The van der Waals surface area contributed by atoms with Gasteiger partial charge >= 0.3 is 0 Å². The molecule has 4 nitrogen and oxygen atoms in total. The van der Waals surface area contributed by atoms with Crippen molar-refractivity contribution in [1.29, 1.82) is 0 Å². The number of ether oxygens (including phenoxy) is 2. The summed E-state index contributed by atoms with van der Waals surface area (Å²) in [5.41, 5.74) is 0.544. The number of hydrogen-bond donors (Lipinski definition) is 1. The topological polar surface area (TPSA) is 47.6 Å². The van der Waals surface area contributed by atoms with Crippen molar-refractivity contribution < 1.29 is 14.3 Å². The fourth-order valence-electron chi connectivity index (χ4n) is 1.13. The van der Waals surface area contributed by atoms with E-state index in [9.17, 15) is 4.79 Å². The van der Waals surface area contributed by atoms with Crippen LogP contribution in [0.25, 0.3) is 0 Å². The maximum Gasteiger partial charge on any atom is 0.250 e. The summed E-state index contributed by atoms with van der Waals surface area (Å²) in [4.78, 5) is 11.4. The van der Waals surface area contributed by atoms with E-state index in [0.29, 0.717) is 28.9 Å². The van der Waals surface area contributed by atoms with Gasteiger partial charge in [-0.05, 0) is 18.2 Å². The number of anilines is 1. The van der Waals surface area contributed by atoms with Gasteiger partial charge < -0.3 is 14.8 Å². The highest BCUT2D eigenvalue weighted by molar-refractivity contribution is 6.35. The van der Waals surface area contributed by atoms with Crippen molar-refractivity contribution in [3.8, 4) is 0 Å². The lowest BCUT2D eigenvalue weighted by Gasteiger charge is -2.07. The van der Waals surface area contributed by atoms with Crippen molar-refractivity contribution in [2.75, 3.05) is 32.2 Å². The average molecular weight is 278 g/mol. The zero-order valence-electron chi connectivity index (χ0n) is 9.33. The van der Waals surface area contributed by atoms with Gasteiger partial charge in [-0.15, -0.1) is 0 Å². The highest BCUT2D eigenvalue weighted by Gasteiger charge is 2.04. The van der Waals surface area contributed by atoms with Crippen molar-refractivity contribution in [3.63, 3.8) is 0 Å². The Morgan fingerprint density at radius 1 is 1.24 bits per heavy atom. The largest absolute Gasteiger partial charge is 0.382 e. The molecule has 0 aromatic heterocycles. The van der Waals surface area contributed by atoms with Gasteiger partial charge in [0.15, 0.2) is 0 Å². The molecule has 0 spiro atoms. The molecule has 0 radical (unpaired) electrons. The first-order valence-corrected chi connectivity index (χ1v) is 5.70. The SMILES string of the molecule is COCCOCC(=O)Nc1cc(Cl)cc(Cl)c1. The van der Waals surface area contributed by atoms with Crippen LogP contribution in [0.4, 0.5) is 5.69 Å². The van der Waals surface area contributed by atoms with Crippen LogP contribution in [0.15, 0.2) is 18.2 Å². The number of carbonyl (C=O) groups excluding carboxylic acids is 1. The molecule has 1 aromatic rings. The first-order chi connectivity index (χ1) is 8.11. The van der Waals surface area contributed by atoms with E-state index in [-0.39, 0.29) is 12.5 Å². The average Bonchev–Trinajstić information content (AvgIpc) is 2.23. The minimum Gasteiger partial charge on any atom is -0.382 e. The van der Waals surface area contributed by atoms with Crippen molar-refractivity contribution in [2.24, 2.45) is 0 Å². The molecule has 0 aliphatic carbocycles. The second kappa shape index (κ2) is 7.50. The van der Waals surface area contributed by atoms with E-state index in [1.807, 2.05) is 0 Å². The van der Waals surface area contributed by atoms with Gasteiger partial charge in [0.1, 0.15) is 6.61 Å². The van der Waals surface area contributed by atoms with Crippen LogP contribution in [0.5, 0.6) is 0 Å². The molecular formula is C11H13Cl2NO3. The van der Waals surface area contributed by atoms with Gasteiger partial charge in [-0.2, -0.15) is 0 Å². The normalized spacial score (nSPS) is 10.3. The van der Waals surface area contributed by atoms with Gasteiger partial charge in [0.2, 0.25) is 5.91 Å². The zero-order valence-corrected chi connectivity index (χ0v) is 10.8. The molecule has 0 unspecified atom stereocenters. The fourth-order valence-corrected chi connectivity index (χ4v) is 1.66. The third-order valence-corrected chi connectivity index (χ3v) is 2.25. The zero-order chi connectivity index (χ0) is 12.7. The third-order valence-electron chi connectivity index (χ3n) is 1.81. The van der Waals surface area contributed by atoms with E-state index in [2.05, 4.69) is 5.32 Å². The van der Waals surface area contributed by atoms with Crippen LogP contribution in [0, 0.1) is 0 Å². The van der Waals surface area contributed by atoms with Gasteiger partial charge in [-0.25, -0.2) is 0 Å². The molecule has 94 valence electrons. The van der Waals surface area contributed by atoms with Crippen LogP contribution in [-0.4, -0.2) is 32.8 Å². The minimum absolute atomic E-state index is 0.0342. The Hall–Kier alpha value is -0.810. The molecule has 0 aliphatic rings. The lowest BCUT2D eigenvalue weighted by atomic mass is 10.3. The molecule has 0 heterocycles. The van der Waals surface area contributed by atoms with E-state index < -0.39 is 0 Å². The molecule has 0 bridgehead atoms. The summed E-state index contributed by atoms with van der Waals surface area (Å²) >= 11 is 11.6. The van der Waals surface area contributed by atoms with Crippen LogP contribution in [0.1, 0.15) is 0 Å². The van der Waals surface area contributed by atoms with Gasteiger partial charge in [-0.3, -0.25) is 4.79 Å². The summed E-state index contributed by atoms with van der Waals surface area (Å²) in [5.74, 6) is -0.264. The highest BCUT2D eigenvalue weighted by Crippen LogP contribution is 2.22. The van der Waals surface area contributed by atoms with Crippen LogP contribution >= 0.6 is 23.2 Å². The lowest BCUT2D eigenvalue weighted by Crippen LogP contribution is -2.19. The van der Waals surface area contributed by atoms with Gasteiger partial charge in [0.25, 0.3) is 0 Å². The van der Waals surface area contributed by atoms with Crippen molar-refractivity contribution in [1.82, 2.24) is 0 Å². The van der Waals surface area contributed by atoms with E-state index in [1.54, 1.807) is 25.3 Å². The monoisotopic (exact) mass is 277 g/mol. The maximum absolute atomic E-state index is 11.4. The van der Waals surface area contributed by atoms with Gasteiger partial charge in [0.05, 0.1) is 13.2 Å². The number of halogens is 2. The van der Waals surface area contributed by atoms with Crippen molar-refractivity contribution >= 4 is 34.8 Å². The minimum atomic E-state index is -0.264. The van der Waals surface area contributed by atoms with E-state index >= 15 is 0 Å². The number of amides is 1. The quantitative estimate of drug-likeness (QED) is 0.814. The highest BCUT2D eigenvalue weighted by atomic mass is 35.5. The Morgan fingerprint density at radius 2 is 1.88 bits per heavy atom. The second-order valence-electron chi connectivity index (χ2n) is 3.25. The molecule has 0 fully saturated rings. The first-order valence-electron chi connectivity index (χ1n) is 4.94. The molecular weight excluding hydrogens is 265 g/mol. The summed E-state index contributed by atoms with van der Waals surface area (Å²) in [6.07, 6.45) is 0. The third kappa shape index (κ3) is 5.89. The summed E-state index contributed by atoms with van der Waals surface area (Å²) in [5, 5.41) is 3.56. The molecule has 0 saturated heterocycles. The summed E-state index contributed by atoms with van der Waals surface area (Å²) in [6.45, 7) is 0.796. The molecule has 1 aromatic carbocycles. The van der Waals surface area contributed by atoms with Crippen molar-refractivity contribution in [2.45, 2.75) is 0 Å². The molecule has 1 rings (SSSR count). The smallest absolute Gasteiger partial charge is 0.250 e. The first kappa shape index (κ1) is 14.3.